The van der Waals surface area contributed by atoms with Gasteiger partial charge < -0.3 is 24.1 Å². The Kier molecular flexibility index (Phi) is 7.39. The number of amides is 1. The zero-order valence-corrected chi connectivity index (χ0v) is 28.4. The van der Waals surface area contributed by atoms with E-state index in [0.717, 1.165) is 112 Å². The van der Waals surface area contributed by atoms with Crippen molar-refractivity contribution >= 4 is 44.6 Å². The zero-order chi connectivity index (χ0) is 32.5. The number of hydrogen-bond acceptors (Lipinski definition) is 6. The number of rotatable bonds is 7. The minimum atomic E-state index is -0.941. The molecular weight excluding hydrogens is 623 g/mol. The van der Waals surface area contributed by atoms with Gasteiger partial charge in [0.2, 0.25) is 0 Å². The second kappa shape index (κ2) is 11.8. The molecule has 2 aromatic carbocycles. The van der Waals surface area contributed by atoms with Crippen molar-refractivity contribution in [2.45, 2.75) is 45.2 Å². The molecule has 10 nitrogen and oxygen atoms in total. The number of aromatic nitrogens is 4. The molecule has 9 rings (SSSR count). The highest BCUT2D eigenvalue weighted by Gasteiger charge is 2.30. The molecule has 248 valence electrons. The molecule has 1 aliphatic carbocycles. The maximum Gasteiger partial charge on any atom is 0.254 e. The van der Waals surface area contributed by atoms with E-state index in [0.29, 0.717) is 25.6 Å². The van der Waals surface area contributed by atoms with Gasteiger partial charge in [0.25, 0.3) is 5.91 Å². The monoisotopic (exact) mass is 663 g/mol. The van der Waals surface area contributed by atoms with Crippen LogP contribution in [0.25, 0.3) is 44.8 Å². The summed E-state index contributed by atoms with van der Waals surface area (Å²) in [6.07, 6.45) is 4.25. The van der Waals surface area contributed by atoms with Gasteiger partial charge in [0.1, 0.15) is 16.6 Å². The number of carbonyl (C=O) groups is 1. The number of hydrogen-bond donors (Lipinski definition) is 1. The third-order valence-electron chi connectivity index (χ3n) is 10.5. The molecule has 5 aromatic rings. The lowest BCUT2D eigenvalue weighted by Crippen LogP contribution is -2.51. The number of carbonyl (C=O) groups excluding carboxylic acids is 1. The number of aryl methyl sites for hydroxylation is 2. The number of imidazole rings is 1. The number of ether oxygens (including phenoxy) is 1. The summed E-state index contributed by atoms with van der Waals surface area (Å²) in [5.74, 6) is 2.34. The van der Waals surface area contributed by atoms with Crippen molar-refractivity contribution < 1.29 is 13.7 Å². The predicted molar refractivity (Wildman–Crippen MR) is 190 cm³/mol. The fourth-order valence-corrected chi connectivity index (χ4v) is 8.99. The molecule has 4 aliphatic rings. The van der Waals surface area contributed by atoms with Gasteiger partial charge in [-0.2, -0.15) is 0 Å². The number of anilines is 1. The molecule has 2 atom stereocenters. The first-order valence-electron chi connectivity index (χ1n) is 17.3. The van der Waals surface area contributed by atoms with E-state index in [1.54, 1.807) is 0 Å². The molecule has 11 heteroatoms. The molecule has 0 bridgehead atoms. The van der Waals surface area contributed by atoms with Gasteiger partial charge in [0, 0.05) is 73.8 Å². The lowest BCUT2D eigenvalue weighted by atomic mass is 9.97. The van der Waals surface area contributed by atoms with Crippen molar-refractivity contribution in [1.82, 2.24) is 29.3 Å². The highest BCUT2D eigenvalue weighted by molar-refractivity contribution is 7.86. The van der Waals surface area contributed by atoms with Crippen LogP contribution in [0.15, 0.2) is 48.5 Å². The number of morpholine rings is 1. The van der Waals surface area contributed by atoms with Crippen molar-refractivity contribution in [1.29, 1.82) is 0 Å². The molecular formula is C37H41N7O3S. The van der Waals surface area contributed by atoms with E-state index in [2.05, 4.69) is 70.9 Å². The number of benzene rings is 2. The normalized spacial score (nSPS) is 21.5. The average Bonchev–Trinajstić information content (AvgIpc) is 3.58. The minimum absolute atomic E-state index is 0.0781. The lowest BCUT2D eigenvalue weighted by molar-refractivity contribution is 0.0512. The third-order valence-corrected chi connectivity index (χ3v) is 12.0. The first-order valence-corrected chi connectivity index (χ1v) is 18.6. The first-order chi connectivity index (χ1) is 23.4. The van der Waals surface area contributed by atoms with Gasteiger partial charge in [-0.3, -0.25) is 9.10 Å². The maximum absolute atomic E-state index is 13.7. The average molecular weight is 664 g/mol. The van der Waals surface area contributed by atoms with E-state index in [4.69, 9.17) is 14.7 Å². The fraction of sp³-hybridized carbons (Fsp3) is 0.432. The van der Waals surface area contributed by atoms with Gasteiger partial charge in [-0.25, -0.2) is 14.2 Å². The van der Waals surface area contributed by atoms with Crippen molar-refractivity contribution in [2.24, 2.45) is 13.0 Å². The summed E-state index contributed by atoms with van der Waals surface area (Å²) in [5.41, 5.74) is 9.92. The first kappa shape index (κ1) is 30.0. The Morgan fingerprint density at radius 1 is 1.02 bits per heavy atom. The summed E-state index contributed by atoms with van der Waals surface area (Å²) < 4.78 is 24.6. The van der Waals surface area contributed by atoms with Crippen LogP contribution in [0, 0.1) is 12.8 Å². The Labute approximate surface area is 282 Å². The van der Waals surface area contributed by atoms with E-state index in [9.17, 15) is 9.00 Å². The van der Waals surface area contributed by atoms with Gasteiger partial charge in [-0.15, -0.1) is 0 Å². The van der Waals surface area contributed by atoms with E-state index in [-0.39, 0.29) is 11.9 Å². The molecule has 1 amide bonds. The molecule has 0 spiro atoms. The highest BCUT2D eigenvalue weighted by atomic mass is 32.2. The summed E-state index contributed by atoms with van der Waals surface area (Å²) in [7, 11) is 1.14. The summed E-state index contributed by atoms with van der Waals surface area (Å²) >= 11 is 0. The predicted octanol–water partition coefficient (Wildman–Crippen LogP) is 4.84. The third kappa shape index (κ3) is 5.23. The van der Waals surface area contributed by atoms with Crippen LogP contribution in [-0.2, 0) is 35.7 Å². The van der Waals surface area contributed by atoms with Gasteiger partial charge >= 0.3 is 0 Å². The van der Waals surface area contributed by atoms with E-state index in [1.807, 2.05) is 15.3 Å². The largest absolute Gasteiger partial charge is 0.378 e. The number of pyridine rings is 1. The maximum atomic E-state index is 13.7. The van der Waals surface area contributed by atoms with Gasteiger partial charge in [0.05, 0.1) is 35.6 Å². The molecule has 3 aliphatic heterocycles. The molecule has 0 radical (unpaired) electrons. The summed E-state index contributed by atoms with van der Waals surface area (Å²) in [6.45, 7) is 7.40. The van der Waals surface area contributed by atoms with E-state index >= 15 is 0 Å². The van der Waals surface area contributed by atoms with Crippen LogP contribution >= 0.6 is 0 Å². The van der Waals surface area contributed by atoms with Crippen LogP contribution in [0.2, 0.25) is 0 Å². The van der Waals surface area contributed by atoms with Crippen LogP contribution < -0.4 is 9.62 Å². The van der Waals surface area contributed by atoms with Crippen LogP contribution in [0.4, 0.5) is 5.69 Å². The summed E-state index contributed by atoms with van der Waals surface area (Å²) in [5, 5.41) is 4.57. The van der Waals surface area contributed by atoms with Crippen LogP contribution in [0.5, 0.6) is 0 Å². The highest BCUT2D eigenvalue weighted by Crippen LogP contribution is 2.38. The van der Waals surface area contributed by atoms with Gasteiger partial charge in [0.15, 0.2) is 5.82 Å². The quantitative estimate of drug-likeness (QED) is 0.268. The van der Waals surface area contributed by atoms with Gasteiger partial charge in [-0.05, 0) is 92.1 Å². The van der Waals surface area contributed by atoms with Crippen LogP contribution in [0.1, 0.15) is 40.7 Å². The Bertz CT molecular complexity index is 2110. The molecule has 3 fully saturated rings. The second-order valence-electron chi connectivity index (χ2n) is 13.9. The number of nitrogens with zero attached hydrogens (tertiary/aromatic N) is 6. The SMILES string of the molecule is Cc1cc(N2CCCS2=O)ccc1-c1ccc2cc(-c3nc4cc5c(cc4n3C)CCN(CC3COCCN3)C5=O)n(CC3CC3)c2n1. The molecule has 1 N–H and O–H groups in total. The molecule has 2 unspecified atom stereocenters. The van der Waals surface area contributed by atoms with Crippen LogP contribution in [0.3, 0.4) is 0 Å². The zero-order valence-electron chi connectivity index (χ0n) is 27.6. The Morgan fingerprint density at radius 2 is 1.92 bits per heavy atom. The number of nitrogens with one attached hydrogen (secondary N) is 1. The fourth-order valence-electron chi connectivity index (χ4n) is 7.71. The van der Waals surface area contributed by atoms with Crippen molar-refractivity contribution in [3.63, 3.8) is 0 Å². The van der Waals surface area contributed by atoms with Crippen molar-refractivity contribution in [3.8, 4) is 22.8 Å². The summed E-state index contributed by atoms with van der Waals surface area (Å²) in [6, 6.07) is 17.2. The van der Waals surface area contributed by atoms with E-state index in [1.165, 1.54) is 12.8 Å². The topological polar surface area (TPSA) is 97.5 Å². The smallest absolute Gasteiger partial charge is 0.254 e. The van der Waals surface area contributed by atoms with E-state index < -0.39 is 11.0 Å². The molecule has 3 aromatic heterocycles. The van der Waals surface area contributed by atoms with Crippen molar-refractivity contribution in [2.75, 3.05) is 49.5 Å². The van der Waals surface area contributed by atoms with Gasteiger partial charge in [-0.1, -0.05) is 6.07 Å². The Hall–Kier alpha value is -4.06. The molecule has 48 heavy (non-hydrogen) atoms. The Morgan fingerprint density at radius 3 is 2.69 bits per heavy atom. The molecule has 1 saturated carbocycles. The second-order valence-corrected chi connectivity index (χ2v) is 15.4. The minimum Gasteiger partial charge on any atom is -0.378 e. The Balaban J connectivity index is 1.08. The van der Waals surface area contributed by atoms with Crippen LogP contribution in [-0.4, -0.2) is 85.3 Å². The molecule has 6 heterocycles. The van der Waals surface area contributed by atoms with Crippen molar-refractivity contribution in [3.05, 3.63) is 65.2 Å². The number of fused-ring (bicyclic) bond motifs is 3. The standard InChI is InChI=1S/C37H41N7O3S/c1-23-16-28(44-12-3-15-48(44)46)7-8-29(23)31-9-6-26-18-34(43(35(26)39-31)20-24-4-5-24)36-40-32-19-30-25(17-33(32)41(36)2)10-13-42(37(30)45)21-27-22-47-14-11-38-27/h6-9,16-19,24,27,38H,3-5,10-15,20-22H2,1-2H3. The summed E-state index contributed by atoms with van der Waals surface area (Å²) in [4.78, 5) is 26.1. The lowest BCUT2D eigenvalue weighted by Gasteiger charge is -2.33. The molecule has 2 saturated heterocycles.